The second kappa shape index (κ2) is 8.00. The highest BCUT2D eigenvalue weighted by Crippen LogP contribution is 2.27. The van der Waals surface area contributed by atoms with Crippen LogP contribution in [0.1, 0.15) is 21.7 Å². The number of phenols is 1. The Hall–Kier alpha value is -3.64. The Balaban J connectivity index is 1.47. The van der Waals surface area contributed by atoms with E-state index in [2.05, 4.69) is 10.6 Å². The van der Waals surface area contributed by atoms with E-state index in [0.717, 1.165) is 27.6 Å². The van der Waals surface area contributed by atoms with Gasteiger partial charge in [-0.3, -0.25) is 10.1 Å². The highest BCUT2D eigenvalue weighted by molar-refractivity contribution is 7.80. The molecule has 4 aromatic rings. The van der Waals surface area contributed by atoms with Gasteiger partial charge in [0.05, 0.1) is 0 Å². The van der Waals surface area contributed by atoms with Gasteiger partial charge in [-0.05, 0) is 85.0 Å². The molecular formula is C24H20N2O3S. The molecule has 5 nitrogen and oxygen atoms in total. The predicted molar refractivity (Wildman–Crippen MR) is 123 cm³/mol. The Labute approximate surface area is 179 Å². The first kappa shape index (κ1) is 19.7. The van der Waals surface area contributed by atoms with Crippen LogP contribution in [0.5, 0.6) is 5.75 Å². The van der Waals surface area contributed by atoms with E-state index in [1.807, 2.05) is 50.2 Å². The van der Waals surface area contributed by atoms with Crippen LogP contribution in [0.3, 0.4) is 0 Å². The van der Waals surface area contributed by atoms with Crippen molar-refractivity contribution in [3.05, 3.63) is 83.6 Å². The van der Waals surface area contributed by atoms with E-state index in [0.29, 0.717) is 5.76 Å². The summed E-state index contributed by atoms with van der Waals surface area (Å²) in [6, 6.07) is 20.1. The molecule has 0 bridgehead atoms. The fourth-order valence-electron chi connectivity index (χ4n) is 3.21. The zero-order valence-corrected chi connectivity index (χ0v) is 17.3. The molecule has 1 amide bonds. The summed E-state index contributed by atoms with van der Waals surface area (Å²) in [5, 5.41) is 17.2. The first-order chi connectivity index (χ1) is 14.4. The van der Waals surface area contributed by atoms with Gasteiger partial charge in [-0.1, -0.05) is 24.3 Å². The molecule has 3 N–H and O–H groups in total. The first-order valence-corrected chi connectivity index (χ1v) is 9.83. The lowest BCUT2D eigenvalue weighted by Gasteiger charge is -2.11. The topological polar surface area (TPSA) is 74.5 Å². The highest BCUT2D eigenvalue weighted by atomic mass is 32.1. The Kier molecular flexibility index (Phi) is 5.25. The van der Waals surface area contributed by atoms with Gasteiger partial charge in [0.1, 0.15) is 11.5 Å². The van der Waals surface area contributed by atoms with Gasteiger partial charge in [-0.15, -0.1) is 0 Å². The Morgan fingerprint density at radius 1 is 0.967 bits per heavy atom. The van der Waals surface area contributed by atoms with Crippen LogP contribution >= 0.6 is 12.2 Å². The second-order valence-corrected chi connectivity index (χ2v) is 7.49. The Morgan fingerprint density at radius 3 is 2.60 bits per heavy atom. The van der Waals surface area contributed by atoms with E-state index >= 15 is 0 Å². The van der Waals surface area contributed by atoms with Crippen LogP contribution in [-0.2, 0) is 0 Å². The van der Waals surface area contributed by atoms with Crippen molar-refractivity contribution >= 4 is 39.7 Å². The molecule has 0 saturated heterocycles. The largest absolute Gasteiger partial charge is 0.508 e. The van der Waals surface area contributed by atoms with Crippen LogP contribution in [0.25, 0.3) is 22.1 Å². The molecule has 3 aromatic carbocycles. The standard InChI is InChI=1S/C24H20N2O3S/c1-14-6-7-17(12-15(14)2)21-10-11-22(29-21)23(28)26-24(30)25-20-5-3-4-16-13-18(27)8-9-19(16)20/h3-13,27H,1-2H3,(H2,25,26,28,30). The molecule has 0 aliphatic rings. The molecule has 0 unspecified atom stereocenters. The van der Waals surface area contributed by atoms with Gasteiger partial charge in [0.15, 0.2) is 10.9 Å². The molecule has 30 heavy (non-hydrogen) atoms. The van der Waals surface area contributed by atoms with Crippen LogP contribution in [0.4, 0.5) is 5.69 Å². The number of amides is 1. The van der Waals surface area contributed by atoms with E-state index < -0.39 is 5.91 Å². The molecule has 0 saturated carbocycles. The zero-order valence-electron chi connectivity index (χ0n) is 16.5. The number of aryl methyl sites for hydroxylation is 2. The van der Waals surface area contributed by atoms with Crippen molar-refractivity contribution in [3.63, 3.8) is 0 Å². The van der Waals surface area contributed by atoms with Crippen LogP contribution in [0.2, 0.25) is 0 Å². The first-order valence-electron chi connectivity index (χ1n) is 9.42. The number of thiocarbonyl (C=S) groups is 1. The summed E-state index contributed by atoms with van der Waals surface area (Å²) in [6.45, 7) is 4.08. The van der Waals surface area contributed by atoms with Gasteiger partial charge in [0.25, 0.3) is 5.91 Å². The highest BCUT2D eigenvalue weighted by Gasteiger charge is 2.14. The number of furan rings is 1. The maximum Gasteiger partial charge on any atom is 0.293 e. The molecule has 0 aliphatic carbocycles. The normalized spacial score (nSPS) is 10.7. The van der Waals surface area contributed by atoms with E-state index in [1.165, 1.54) is 5.56 Å². The quantitative estimate of drug-likeness (QED) is 0.382. The van der Waals surface area contributed by atoms with Crippen molar-refractivity contribution in [3.8, 4) is 17.1 Å². The molecular weight excluding hydrogens is 396 g/mol. The van der Waals surface area contributed by atoms with Gasteiger partial charge >= 0.3 is 0 Å². The van der Waals surface area contributed by atoms with E-state index in [4.69, 9.17) is 16.6 Å². The predicted octanol–water partition coefficient (Wildman–Crippen LogP) is 5.55. The maximum absolute atomic E-state index is 12.6. The monoisotopic (exact) mass is 416 g/mol. The van der Waals surface area contributed by atoms with Crippen LogP contribution < -0.4 is 10.6 Å². The summed E-state index contributed by atoms with van der Waals surface area (Å²) in [5.41, 5.74) is 4.00. The molecule has 0 atom stereocenters. The van der Waals surface area contributed by atoms with Gasteiger partial charge in [-0.25, -0.2) is 0 Å². The van der Waals surface area contributed by atoms with E-state index in [9.17, 15) is 9.90 Å². The van der Waals surface area contributed by atoms with Gasteiger partial charge < -0.3 is 14.8 Å². The van der Waals surface area contributed by atoms with Crippen molar-refractivity contribution in [2.45, 2.75) is 13.8 Å². The summed E-state index contributed by atoms with van der Waals surface area (Å²) < 4.78 is 5.73. The molecule has 1 aromatic heterocycles. The minimum Gasteiger partial charge on any atom is -0.508 e. The number of aromatic hydroxyl groups is 1. The van der Waals surface area contributed by atoms with Gasteiger partial charge in [-0.2, -0.15) is 0 Å². The number of carbonyl (C=O) groups excluding carboxylic acids is 1. The lowest BCUT2D eigenvalue weighted by atomic mass is 10.1. The van der Waals surface area contributed by atoms with Crippen molar-refractivity contribution in [2.75, 3.05) is 5.32 Å². The summed E-state index contributed by atoms with van der Waals surface area (Å²) in [5.74, 6) is 0.555. The molecule has 6 heteroatoms. The summed E-state index contributed by atoms with van der Waals surface area (Å²) >= 11 is 5.30. The SMILES string of the molecule is Cc1ccc(-c2ccc(C(=O)NC(=S)Nc3cccc4cc(O)ccc34)o2)cc1C. The molecule has 0 spiro atoms. The Morgan fingerprint density at radius 2 is 1.80 bits per heavy atom. The average Bonchev–Trinajstić information content (AvgIpc) is 3.20. The van der Waals surface area contributed by atoms with E-state index in [-0.39, 0.29) is 16.6 Å². The average molecular weight is 417 g/mol. The number of hydrogen-bond acceptors (Lipinski definition) is 4. The van der Waals surface area contributed by atoms with Crippen molar-refractivity contribution < 1.29 is 14.3 Å². The molecule has 1 heterocycles. The lowest BCUT2D eigenvalue weighted by Crippen LogP contribution is -2.33. The number of hydrogen-bond donors (Lipinski definition) is 3. The smallest absolute Gasteiger partial charge is 0.293 e. The minimum absolute atomic E-state index is 0.157. The van der Waals surface area contributed by atoms with Crippen molar-refractivity contribution in [1.82, 2.24) is 5.32 Å². The molecule has 0 aliphatic heterocycles. The van der Waals surface area contributed by atoms with Crippen LogP contribution in [0.15, 0.2) is 71.1 Å². The number of carbonyl (C=O) groups is 1. The lowest BCUT2D eigenvalue weighted by molar-refractivity contribution is 0.0951. The molecule has 4 rings (SSSR count). The zero-order chi connectivity index (χ0) is 21.3. The summed E-state index contributed by atoms with van der Waals surface area (Å²) in [7, 11) is 0. The molecule has 0 fully saturated rings. The number of rotatable bonds is 3. The third-order valence-electron chi connectivity index (χ3n) is 4.96. The number of benzene rings is 3. The second-order valence-electron chi connectivity index (χ2n) is 7.08. The number of nitrogens with one attached hydrogen (secondary N) is 2. The third-order valence-corrected chi connectivity index (χ3v) is 5.16. The van der Waals surface area contributed by atoms with Crippen LogP contribution in [0, 0.1) is 13.8 Å². The third kappa shape index (κ3) is 4.04. The fraction of sp³-hybridized carbons (Fsp3) is 0.0833. The fourth-order valence-corrected chi connectivity index (χ4v) is 3.41. The summed E-state index contributed by atoms with van der Waals surface area (Å²) in [6.07, 6.45) is 0. The van der Waals surface area contributed by atoms with Gasteiger partial charge in [0, 0.05) is 16.6 Å². The number of phenolic OH excluding ortho intramolecular Hbond substituents is 1. The van der Waals surface area contributed by atoms with Crippen molar-refractivity contribution in [2.24, 2.45) is 0 Å². The van der Waals surface area contributed by atoms with Crippen LogP contribution in [-0.4, -0.2) is 16.1 Å². The van der Waals surface area contributed by atoms with Gasteiger partial charge in [0.2, 0.25) is 0 Å². The Bertz CT molecular complexity index is 1280. The maximum atomic E-state index is 12.6. The van der Waals surface area contributed by atoms with Crippen molar-refractivity contribution in [1.29, 1.82) is 0 Å². The van der Waals surface area contributed by atoms with E-state index in [1.54, 1.807) is 30.3 Å². The summed E-state index contributed by atoms with van der Waals surface area (Å²) in [4.78, 5) is 12.6. The number of anilines is 1. The molecule has 150 valence electrons. The minimum atomic E-state index is -0.430. The molecule has 0 radical (unpaired) electrons. The number of fused-ring (bicyclic) bond motifs is 1.